The number of para-hydroxylation sites is 1. The second-order valence-corrected chi connectivity index (χ2v) is 5.46. The van der Waals surface area contributed by atoms with Crippen LogP contribution in [0.3, 0.4) is 0 Å². The summed E-state index contributed by atoms with van der Waals surface area (Å²) < 4.78 is 0. The number of nitrogens with one attached hydrogen (secondary N) is 3. The number of carbonyl (C=O) groups is 2. The molecule has 0 fully saturated rings. The topological polar surface area (TPSA) is 99.8 Å². The smallest absolute Gasteiger partial charge is 0.314 e. The Bertz CT molecular complexity index is 1100. The van der Waals surface area contributed by atoms with Gasteiger partial charge in [0.25, 0.3) is 0 Å². The molecule has 0 atom stereocenters. The lowest BCUT2D eigenvalue weighted by Gasteiger charge is -2.08. The summed E-state index contributed by atoms with van der Waals surface area (Å²) >= 11 is 0. The minimum absolute atomic E-state index is 0.488. The third-order valence-electron chi connectivity index (χ3n) is 3.79. The van der Waals surface area contributed by atoms with Crippen LogP contribution in [0, 0.1) is 0 Å². The van der Waals surface area contributed by atoms with E-state index in [1.807, 2.05) is 18.2 Å². The number of aromatic nitrogens is 3. The summed E-state index contributed by atoms with van der Waals surface area (Å²) in [5.74, 6) is -1.52. The van der Waals surface area contributed by atoms with E-state index in [1.165, 1.54) is 0 Å². The molecule has 0 spiro atoms. The zero-order valence-corrected chi connectivity index (χ0v) is 13.0. The summed E-state index contributed by atoms with van der Waals surface area (Å²) in [4.78, 5) is 28.6. The summed E-state index contributed by atoms with van der Waals surface area (Å²) in [5.41, 5.74) is 2.40. The van der Waals surface area contributed by atoms with Gasteiger partial charge in [-0.3, -0.25) is 19.7 Å². The van der Waals surface area contributed by atoms with Gasteiger partial charge < -0.3 is 10.6 Å². The number of nitrogens with zero attached hydrogens (tertiary/aromatic N) is 2. The first-order valence-electron chi connectivity index (χ1n) is 7.60. The number of fused-ring (bicyclic) bond motifs is 2. The molecule has 7 nitrogen and oxygen atoms in total. The van der Waals surface area contributed by atoms with Gasteiger partial charge in [-0.25, -0.2) is 0 Å². The Morgan fingerprint density at radius 1 is 0.920 bits per heavy atom. The molecular weight excluding hydrogens is 318 g/mol. The highest BCUT2D eigenvalue weighted by molar-refractivity contribution is 6.44. The zero-order chi connectivity index (χ0) is 17.2. The molecule has 2 aromatic heterocycles. The first kappa shape index (κ1) is 14.8. The molecular formula is C18H13N5O2. The maximum atomic E-state index is 12.2. The summed E-state index contributed by atoms with van der Waals surface area (Å²) in [5, 5.41) is 13.7. The van der Waals surface area contributed by atoms with Crippen LogP contribution in [0.2, 0.25) is 0 Å². The van der Waals surface area contributed by atoms with Crippen molar-refractivity contribution in [1.82, 2.24) is 15.2 Å². The van der Waals surface area contributed by atoms with Gasteiger partial charge in [-0.1, -0.05) is 18.2 Å². The number of H-pyrrole nitrogens is 1. The molecule has 0 aliphatic rings. The van der Waals surface area contributed by atoms with E-state index in [-0.39, 0.29) is 0 Å². The average Bonchev–Trinajstić information content (AvgIpc) is 3.10. The second kappa shape index (κ2) is 6.04. The number of aromatic amines is 1. The van der Waals surface area contributed by atoms with E-state index in [9.17, 15) is 9.59 Å². The lowest BCUT2D eigenvalue weighted by Crippen LogP contribution is -2.29. The SMILES string of the molecule is O=C(Nc1ccc2cn[nH]c2c1)C(=O)Nc1cccc2cccnc12. The molecule has 4 aromatic rings. The average molecular weight is 331 g/mol. The Morgan fingerprint density at radius 2 is 1.76 bits per heavy atom. The highest BCUT2D eigenvalue weighted by Crippen LogP contribution is 2.21. The summed E-state index contributed by atoms with van der Waals surface area (Å²) in [6, 6.07) is 14.3. The van der Waals surface area contributed by atoms with Crippen LogP contribution in [-0.4, -0.2) is 27.0 Å². The number of rotatable bonds is 2. The molecule has 0 bridgehead atoms. The van der Waals surface area contributed by atoms with Crippen LogP contribution in [0.25, 0.3) is 21.8 Å². The molecule has 7 heteroatoms. The largest absolute Gasteiger partial charge is 0.318 e. The number of benzene rings is 2. The molecule has 0 saturated carbocycles. The Kier molecular flexibility index (Phi) is 3.59. The van der Waals surface area contributed by atoms with Crippen molar-refractivity contribution in [3.63, 3.8) is 0 Å². The number of carbonyl (C=O) groups excluding carboxylic acids is 2. The molecule has 3 N–H and O–H groups in total. The van der Waals surface area contributed by atoms with Crippen molar-refractivity contribution >= 4 is 45.0 Å². The normalized spacial score (nSPS) is 10.7. The Morgan fingerprint density at radius 3 is 2.68 bits per heavy atom. The molecule has 25 heavy (non-hydrogen) atoms. The van der Waals surface area contributed by atoms with Gasteiger partial charge in [0, 0.05) is 22.7 Å². The molecule has 0 unspecified atom stereocenters. The van der Waals surface area contributed by atoms with Gasteiger partial charge in [-0.2, -0.15) is 5.10 Å². The van der Waals surface area contributed by atoms with E-state index in [1.54, 1.807) is 42.7 Å². The Balaban J connectivity index is 1.52. The molecule has 2 amide bonds. The van der Waals surface area contributed by atoms with Gasteiger partial charge in [0.15, 0.2) is 0 Å². The summed E-state index contributed by atoms with van der Waals surface area (Å²) in [6.07, 6.45) is 3.32. The number of amides is 2. The third-order valence-corrected chi connectivity index (χ3v) is 3.79. The Hall–Kier alpha value is -3.74. The summed E-state index contributed by atoms with van der Waals surface area (Å²) in [7, 11) is 0. The van der Waals surface area contributed by atoms with Crippen molar-refractivity contribution in [3.8, 4) is 0 Å². The maximum absolute atomic E-state index is 12.2. The van der Waals surface area contributed by atoms with Crippen molar-refractivity contribution in [2.45, 2.75) is 0 Å². The summed E-state index contributed by atoms with van der Waals surface area (Å²) in [6.45, 7) is 0. The van der Waals surface area contributed by atoms with E-state index in [4.69, 9.17) is 0 Å². The molecule has 0 aliphatic carbocycles. The fourth-order valence-corrected chi connectivity index (χ4v) is 2.59. The van der Waals surface area contributed by atoms with Gasteiger partial charge in [-0.15, -0.1) is 0 Å². The van der Waals surface area contributed by atoms with Crippen LogP contribution in [0.15, 0.2) is 60.9 Å². The monoisotopic (exact) mass is 331 g/mol. The fraction of sp³-hybridized carbons (Fsp3) is 0. The number of hydrogen-bond acceptors (Lipinski definition) is 4. The molecule has 122 valence electrons. The van der Waals surface area contributed by atoms with E-state index >= 15 is 0 Å². The predicted molar refractivity (Wildman–Crippen MR) is 95.1 cm³/mol. The van der Waals surface area contributed by atoms with Crippen molar-refractivity contribution in [1.29, 1.82) is 0 Å². The van der Waals surface area contributed by atoms with Crippen LogP contribution in [0.4, 0.5) is 11.4 Å². The molecule has 2 aromatic carbocycles. The first-order valence-corrected chi connectivity index (χ1v) is 7.60. The number of anilines is 2. The highest BCUT2D eigenvalue weighted by atomic mass is 16.2. The zero-order valence-electron chi connectivity index (χ0n) is 13.0. The van der Waals surface area contributed by atoms with E-state index in [0.717, 1.165) is 16.3 Å². The molecule has 0 aliphatic heterocycles. The third kappa shape index (κ3) is 2.90. The van der Waals surface area contributed by atoms with Crippen LogP contribution in [0.1, 0.15) is 0 Å². The van der Waals surface area contributed by atoms with E-state index in [0.29, 0.717) is 16.9 Å². The minimum atomic E-state index is -0.761. The number of pyridine rings is 1. The van der Waals surface area contributed by atoms with Gasteiger partial charge in [0.1, 0.15) is 0 Å². The van der Waals surface area contributed by atoms with Crippen molar-refractivity contribution < 1.29 is 9.59 Å². The highest BCUT2D eigenvalue weighted by Gasteiger charge is 2.15. The number of hydrogen-bond donors (Lipinski definition) is 3. The molecule has 0 saturated heterocycles. The lowest BCUT2D eigenvalue weighted by atomic mass is 10.2. The van der Waals surface area contributed by atoms with Crippen molar-refractivity contribution in [2.24, 2.45) is 0 Å². The van der Waals surface area contributed by atoms with Gasteiger partial charge >= 0.3 is 11.8 Å². The van der Waals surface area contributed by atoms with E-state index < -0.39 is 11.8 Å². The first-order chi connectivity index (χ1) is 12.2. The van der Waals surface area contributed by atoms with Gasteiger partial charge in [0.05, 0.1) is 22.9 Å². The van der Waals surface area contributed by atoms with Crippen molar-refractivity contribution in [2.75, 3.05) is 10.6 Å². The van der Waals surface area contributed by atoms with Gasteiger partial charge in [0.2, 0.25) is 0 Å². The lowest BCUT2D eigenvalue weighted by molar-refractivity contribution is -0.132. The van der Waals surface area contributed by atoms with E-state index in [2.05, 4.69) is 25.8 Å². The van der Waals surface area contributed by atoms with Crippen molar-refractivity contribution in [3.05, 3.63) is 60.9 Å². The quantitative estimate of drug-likeness (QED) is 0.492. The van der Waals surface area contributed by atoms with Crippen LogP contribution >= 0.6 is 0 Å². The maximum Gasteiger partial charge on any atom is 0.314 e. The predicted octanol–water partition coefficient (Wildman–Crippen LogP) is 2.69. The Labute approximate surface area is 142 Å². The van der Waals surface area contributed by atoms with Crippen LogP contribution in [0.5, 0.6) is 0 Å². The second-order valence-electron chi connectivity index (χ2n) is 5.46. The van der Waals surface area contributed by atoms with Crippen LogP contribution in [-0.2, 0) is 9.59 Å². The fourth-order valence-electron chi connectivity index (χ4n) is 2.59. The minimum Gasteiger partial charge on any atom is -0.318 e. The molecule has 0 radical (unpaired) electrons. The standard InChI is InChI=1S/C18H13N5O2/c24-17(21-13-7-6-12-10-20-23-15(12)9-13)18(25)22-14-5-1-3-11-4-2-8-19-16(11)14/h1-10H,(H,20,23)(H,21,24)(H,22,25). The van der Waals surface area contributed by atoms with Gasteiger partial charge in [-0.05, 0) is 30.3 Å². The molecule has 2 heterocycles. The molecule has 4 rings (SSSR count). The van der Waals surface area contributed by atoms with Crippen LogP contribution < -0.4 is 10.6 Å².